The van der Waals surface area contributed by atoms with E-state index >= 15 is 0 Å². The molecule has 2 aliphatic heterocycles. The Balaban J connectivity index is 1.32. The lowest BCUT2D eigenvalue weighted by Crippen LogP contribution is -2.62. The Labute approximate surface area is 290 Å². The molecular weight excluding hydrogens is 662 g/mol. The Bertz CT molecular complexity index is 1790. The second-order valence-electron chi connectivity index (χ2n) is 11.9. The second-order valence-corrected chi connectivity index (χ2v) is 13.7. The second kappa shape index (κ2) is 15.8. The van der Waals surface area contributed by atoms with Crippen molar-refractivity contribution in [1.82, 2.24) is 0 Å². The molecule has 10 heteroatoms. The first kappa shape index (κ1) is 34.2. The van der Waals surface area contributed by atoms with E-state index in [2.05, 4.69) is 0 Å². The molecular formula is C40H35F3NO5P. The highest BCUT2D eigenvalue weighted by atomic mass is 31.1. The predicted octanol–water partition coefficient (Wildman–Crippen LogP) is 7.98. The van der Waals surface area contributed by atoms with Crippen LogP contribution in [0.4, 0.5) is 13.2 Å². The maximum atomic E-state index is 14.1. The summed E-state index contributed by atoms with van der Waals surface area (Å²) in [7, 11) is -1.45. The van der Waals surface area contributed by atoms with Crippen LogP contribution in [0.5, 0.6) is 0 Å². The van der Waals surface area contributed by atoms with Crippen LogP contribution in [0.15, 0.2) is 151 Å². The highest BCUT2D eigenvalue weighted by Gasteiger charge is 2.52. The van der Waals surface area contributed by atoms with Gasteiger partial charge in [-0.05, 0) is 11.6 Å². The van der Waals surface area contributed by atoms with E-state index in [4.69, 9.17) is 28.5 Å². The molecule has 2 aliphatic rings. The molecule has 6 atom stereocenters. The van der Waals surface area contributed by atoms with E-state index in [-0.39, 0.29) is 18.8 Å². The smallest absolute Gasteiger partial charge is 0.346 e. The van der Waals surface area contributed by atoms with Gasteiger partial charge in [0.1, 0.15) is 24.4 Å². The van der Waals surface area contributed by atoms with Crippen molar-refractivity contribution in [2.24, 2.45) is 4.99 Å². The van der Waals surface area contributed by atoms with E-state index in [0.717, 1.165) is 27.8 Å². The number of ether oxygens (including phenoxy) is 4. The van der Waals surface area contributed by atoms with Crippen LogP contribution in [-0.4, -0.2) is 43.5 Å². The number of fused-ring (bicyclic) bond motifs is 1. The summed E-state index contributed by atoms with van der Waals surface area (Å²) in [6.45, 7) is 0.360. The van der Waals surface area contributed by atoms with E-state index in [1.165, 1.54) is 18.3 Å². The van der Waals surface area contributed by atoms with Gasteiger partial charge in [-0.2, -0.15) is 13.2 Å². The summed E-state index contributed by atoms with van der Waals surface area (Å²) in [4.78, 5) is 4.82. The maximum Gasteiger partial charge on any atom is 0.417 e. The molecule has 5 aromatic carbocycles. The molecule has 0 aliphatic carbocycles. The third kappa shape index (κ3) is 8.05. The average Bonchev–Trinajstić information content (AvgIpc) is 3.16. The minimum absolute atomic E-state index is 0.0777. The van der Waals surface area contributed by atoms with Gasteiger partial charge in [-0.1, -0.05) is 140 Å². The number of hydrogen-bond acceptors (Lipinski definition) is 6. The number of halogens is 3. The third-order valence-corrected chi connectivity index (χ3v) is 10.5. The number of hydrogen-bond donors (Lipinski definition) is 0. The summed E-state index contributed by atoms with van der Waals surface area (Å²) in [6, 6.07) is 43.3. The van der Waals surface area contributed by atoms with Crippen LogP contribution in [0.3, 0.4) is 0 Å². The molecule has 0 spiro atoms. The highest BCUT2D eigenvalue weighted by Crippen LogP contribution is 2.44. The average molecular weight is 698 g/mol. The molecule has 2 fully saturated rings. The number of benzene rings is 5. The molecule has 2 saturated heterocycles. The molecule has 0 aromatic heterocycles. The SMILES string of the molecule is FC(F)(F)c1ccccc1C=N[C@H]1[C@@H](OCc2ccccc2)O[C@@H]2COC(c3ccccc3)O[C@H]2[C@@H]1OP(c1ccccc1)c1ccccc1. The molecule has 5 aromatic rings. The lowest BCUT2D eigenvalue weighted by Gasteiger charge is -2.48. The summed E-state index contributed by atoms with van der Waals surface area (Å²) < 4.78 is 75.2. The first-order valence-electron chi connectivity index (χ1n) is 16.3. The fraction of sp³-hybridized carbons (Fsp3) is 0.225. The highest BCUT2D eigenvalue weighted by molar-refractivity contribution is 7.68. The van der Waals surface area contributed by atoms with Gasteiger partial charge in [0.25, 0.3) is 0 Å². The normalized spacial score (nSPS) is 23.9. The van der Waals surface area contributed by atoms with Crippen LogP contribution in [-0.2, 0) is 36.3 Å². The third-order valence-electron chi connectivity index (χ3n) is 8.50. The van der Waals surface area contributed by atoms with Crippen LogP contribution >= 0.6 is 8.15 Å². The van der Waals surface area contributed by atoms with Crippen LogP contribution in [0.1, 0.15) is 28.5 Å². The minimum Gasteiger partial charge on any atom is -0.346 e. The number of aliphatic imine (C=N–C) groups is 1. The van der Waals surface area contributed by atoms with Gasteiger partial charge in [0.05, 0.1) is 26.9 Å². The molecule has 0 bridgehead atoms. The summed E-state index contributed by atoms with van der Waals surface area (Å²) in [5, 5.41) is 1.91. The van der Waals surface area contributed by atoms with Crippen LogP contribution in [0.25, 0.3) is 0 Å². The van der Waals surface area contributed by atoms with Gasteiger partial charge < -0.3 is 23.5 Å². The zero-order valence-electron chi connectivity index (χ0n) is 26.9. The van der Waals surface area contributed by atoms with Crippen molar-refractivity contribution < 1.29 is 36.6 Å². The van der Waals surface area contributed by atoms with Crippen molar-refractivity contribution in [1.29, 1.82) is 0 Å². The zero-order valence-corrected chi connectivity index (χ0v) is 27.8. The van der Waals surface area contributed by atoms with Crippen molar-refractivity contribution in [3.05, 3.63) is 168 Å². The summed E-state index contributed by atoms with van der Waals surface area (Å²) >= 11 is 0. The molecule has 0 amide bonds. The molecule has 1 unspecified atom stereocenters. The van der Waals surface area contributed by atoms with Crippen molar-refractivity contribution >= 4 is 25.0 Å². The van der Waals surface area contributed by atoms with Crippen molar-refractivity contribution in [2.75, 3.05) is 6.61 Å². The van der Waals surface area contributed by atoms with Gasteiger partial charge in [0, 0.05) is 28.0 Å². The topological polar surface area (TPSA) is 58.5 Å². The lowest BCUT2D eigenvalue weighted by atomic mass is 9.96. The summed E-state index contributed by atoms with van der Waals surface area (Å²) in [5.41, 5.74) is 0.850. The Hall–Kier alpha value is -4.21. The van der Waals surface area contributed by atoms with Crippen molar-refractivity contribution in [3.63, 3.8) is 0 Å². The molecule has 0 saturated carbocycles. The molecule has 50 heavy (non-hydrogen) atoms. The molecule has 0 radical (unpaired) electrons. The standard InChI is InChI=1S/C40H35F3NO5P/c41-40(42,43)33-24-14-13-19-30(33)25-44-35-37(49-50(31-20-9-3-10-21-31)32-22-11-4-12-23-32)36-34(27-46-38(48-36)29-17-7-2-8-18-29)47-39(35)45-26-28-15-5-1-6-16-28/h1-25,34-39H,26-27H2/t34-,35-,36-,37-,38?,39+/m1/s1. The quantitative estimate of drug-likeness (QED) is 0.110. The first-order chi connectivity index (χ1) is 24.4. The summed E-state index contributed by atoms with van der Waals surface area (Å²) in [6.07, 6.45) is -7.18. The summed E-state index contributed by atoms with van der Waals surface area (Å²) in [5.74, 6) is 0. The zero-order chi connectivity index (χ0) is 34.3. The fourth-order valence-electron chi connectivity index (χ4n) is 6.06. The number of nitrogens with zero attached hydrogens (tertiary/aromatic N) is 1. The van der Waals surface area contributed by atoms with Gasteiger partial charge in [-0.25, -0.2) is 0 Å². The molecule has 7 rings (SSSR count). The van der Waals surface area contributed by atoms with Crippen LogP contribution in [0, 0.1) is 0 Å². The van der Waals surface area contributed by atoms with Crippen LogP contribution in [0.2, 0.25) is 0 Å². The van der Waals surface area contributed by atoms with Gasteiger partial charge in [0.2, 0.25) is 0 Å². The van der Waals surface area contributed by atoms with Gasteiger partial charge in [-0.15, -0.1) is 0 Å². The van der Waals surface area contributed by atoms with E-state index < -0.39 is 56.8 Å². The Morgan fingerprint density at radius 2 is 1.30 bits per heavy atom. The van der Waals surface area contributed by atoms with E-state index in [0.29, 0.717) is 0 Å². The van der Waals surface area contributed by atoms with Gasteiger partial charge in [-0.3, -0.25) is 4.99 Å². The maximum absolute atomic E-state index is 14.1. The molecule has 0 N–H and O–H groups in total. The Kier molecular flexibility index (Phi) is 10.8. The molecule has 6 nitrogen and oxygen atoms in total. The predicted molar refractivity (Wildman–Crippen MR) is 187 cm³/mol. The van der Waals surface area contributed by atoms with E-state index in [1.54, 1.807) is 6.07 Å². The van der Waals surface area contributed by atoms with Gasteiger partial charge in [0.15, 0.2) is 12.6 Å². The monoisotopic (exact) mass is 697 g/mol. The van der Waals surface area contributed by atoms with E-state index in [9.17, 15) is 13.2 Å². The largest absolute Gasteiger partial charge is 0.417 e. The van der Waals surface area contributed by atoms with Crippen LogP contribution < -0.4 is 10.6 Å². The Morgan fingerprint density at radius 1 is 0.720 bits per heavy atom. The minimum atomic E-state index is -4.57. The molecule has 2 heterocycles. The van der Waals surface area contributed by atoms with E-state index in [1.807, 2.05) is 121 Å². The lowest BCUT2D eigenvalue weighted by molar-refractivity contribution is -0.339. The fourth-order valence-corrected chi connectivity index (χ4v) is 7.98. The van der Waals surface area contributed by atoms with Crippen molar-refractivity contribution in [2.45, 2.75) is 49.7 Å². The first-order valence-corrected chi connectivity index (χ1v) is 17.6. The number of rotatable bonds is 10. The molecule has 256 valence electrons. The van der Waals surface area contributed by atoms with Gasteiger partial charge >= 0.3 is 6.18 Å². The van der Waals surface area contributed by atoms with Crippen molar-refractivity contribution in [3.8, 4) is 0 Å². The number of alkyl halides is 3. The Morgan fingerprint density at radius 3 is 1.94 bits per heavy atom.